The van der Waals surface area contributed by atoms with Crippen LogP contribution in [0.3, 0.4) is 0 Å². The first-order chi connectivity index (χ1) is 12.1. The van der Waals surface area contributed by atoms with Crippen LogP contribution >= 0.6 is 0 Å². The molecule has 0 N–H and O–H groups in total. The molecule has 3 aromatic heterocycles. The van der Waals surface area contributed by atoms with Gasteiger partial charge >= 0.3 is 145 Å². The predicted molar refractivity (Wildman–Crippen MR) is 94.8 cm³/mol. The van der Waals surface area contributed by atoms with Gasteiger partial charge in [-0.05, 0) is 0 Å². The molecule has 4 heterocycles. The van der Waals surface area contributed by atoms with Gasteiger partial charge in [0.1, 0.15) is 0 Å². The summed E-state index contributed by atoms with van der Waals surface area (Å²) in [5.41, 5.74) is 1.12. The SMILES string of the molecule is Cc1nc(N2CCOCC2)cc(-n2c(C(F)F)nc3bbbbc32)n1. The fourth-order valence-corrected chi connectivity index (χ4v) is 3.04. The van der Waals surface area contributed by atoms with Gasteiger partial charge in [0.05, 0.1) is 0 Å². The van der Waals surface area contributed by atoms with Crippen molar-refractivity contribution in [3.8, 4) is 5.82 Å². The number of morpholine rings is 1. The summed E-state index contributed by atoms with van der Waals surface area (Å²) in [4.78, 5) is 15.0. The summed E-state index contributed by atoms with van der Waals surface area (Å²) >= 11 is 0. The molecule has 1 aliphatic heterocycles. The summed E-state index contributed by atoms with van der Waals surface area (Å²) in [5, 5.41) is 0. The topological polar surface area (TPSA) is 56.1 Å². The Morgan fingerprint density at radius 1 is 1.08 bits per heavy atom. The summed E-state index contributed by atoms with van der Waals surface area (Å²) in [6.07, 6.45) is -2.70. The first-order valence-electron chi connectivity index (χ1n) is 8.08. The number of hydrogen-bond donors (Lipinski definition) is 0. The van der Waals surface area contributed by atoms with Crippen molar-refractivity contribution >= 4 is 43.6 Å². The van der Waals surface area contributed by atoms with Crippen LogP contribution in [-0.2, 0) is 4.74 Å². The number of hydrogen-bond acceptors (Lipinski definition) is 5. The number of rotatable bonds is 3. The van der Waals surface area contributed by atoms with E-state index in [1.165, 1.54) is 4.57 Å². The van der Waals surface area contributed by atoms with Gasteiger partial charge in [0.15, 0.2) is 0 Å². The number of fused-ring (bicyclic) bond motifs is 1. The van der Waals surface area contributed by atoms with Crippen molar-refractivity contribution in [2.75, 3.05) is 31.2 Å². The molecule has 1 saturated heterocycles. The molecule has 1 fully saturated rings. The Kier molecular flexibility index (Phi) is 4.54. The van der Waals surface area contributed by atoms with E-state index in [2.05, 4.69) is 19.9 Å². The maximum atomic E-state index is 13.6. The average Bonchev–Trinajstić information content (AvgIpc) is 3.02. The Hall–Kier alpha value is -1.83. The van der Waals surface area contributed by atoms with E-state index in [-0.39, 0.29) is 5.82 Å². The number of halogens is 2. The quantitative estimate of drug-likeness (QED) is 0.686. The summed E-state index contributed by atoms with van der Waals surface area (Å²) < 4.78 is 33.9. The predicted octanol–water partition coefficient (Wildman–Crippen LogP) is 0.251. The van der Waals surface area contributed by atoms with Crippen molar-refractivity contribution in [2.45, 2.75) is 13.3 Å². The molecule has 122 valence electrons. The molecule has 0 saturated carbocycles. The molecule has 0 spiro atoms. The second kappa shape index (κ2) is 6.82. The van der Waals surface area contributed by atoms with Gasteiger partial charge in [0, 0.05) is 0 Å². The zero-order chi connectivity index (χ0) is 17.4. The van der Waals surface area contributed by atoms with Crippen molar-refractivity contribution < 1.29 is 13.5 Å². The minimum absolute atomic E-state index is 0.313. The summed E-state index contributed by atoms with van der Waals surface area (Å²) in [7, 11) is 0. The summed E-state index contributed by atoms with van der Waals surface area (Å²) in [6, 6.07) is 1.73. The molecule has 6 nitrogen and oxygen atoms in total. The van der Waals surface area contributed by atoms with E-state index in [9.17, 15) is 8.78 Å². The minimum atomic E-state index is -2.70. The summed E-state index contributed by atoms with van der Waals surface area (Å²) in [6.45, 7) is 11.5. The first-order valence-corrected chi connectivity index (χ1v) is 8.08. The van der Waals surface area contributed by atoms with Crippen LogP contribution in [-0.4, -0.2) is 72.8 Å². The molecule has 3 aromatic rings. The molecule has 25 heavy (non-hydrogen) atoms. The van der Waals surface area contributed by atoms with Gasteiger partial charge in [0.2, 0.25) is 0 Å². The standard InChI is InChI=1S/C13H13B4F2N5O/c1-7-20-8(23-2-4-25-5-3-23)6-9(21-7)24-11-10(14-16-17-15-11)22-13(24)12(18)19/h6,12H,2-5H2,1H3. The Bertz CT molecular complexity index is 919. The van der Waals surface area contributed by atoms with E-state index in [1.54, 1.807) is 39.9 Å². The second-order valence-electron chi connectivity index (χ2n) is 5.83. The van der Waals surface area contributed by atoms with Crippen LogP contribution < -0.4 is 4.90 Å². The van der Waals surface area contributed by atoms with E-state index in [0.29, 0.717) is 54.6 Å². The molecule has 0 radical (unpaired) electrons. The third kappa shape index (κ3) is 3.19. The fraction of sp³-hybridized carbons (Fsp3) is 0.462. The van der Waals surface area contributed by atoms with Gasteiger partial charge in [-0.3, -0.25) is 0 Å². The van der Waals surface area contributed by atoms with Crippen LogP contribution in [0.15, 0.2) is 6.07 Å². The van der Waals surface area contributed by atoms with Gasteiger partial charge in [-0.15, -0.1) is 0 Å². The normalized spacial score (nSPS) is 14.6. The number of aromatic nitrogens is 4. The fourth-order valence-electron chi connectivity index (χ4n) is 3.04. The van der Waals surface area contributed by atoms with Crippen molar-refractivity contribution in [3.63, 3.8) is 0 Å². The Balaban J connectivity index is 1.88. The number of imidazole rings is 1. The van der Waals surface area contributed by atoms with E-state index in [1.807, 2.05) is 0 Å². The zero-order valence-corrected chi connectivity index (χ0v) is 13.7. The molecular formula is C13H13B4F2N5O. The molecular weight excluding hydrogens is 323 g/mol. The second-order valence-corrected chi connectivity index (χ2v) is 5.83. The van der Waals surface area contributed by atoms with Crippen molar-refractivity contribution in [1.29, 1.82) is 0 Å². The number of alkyl halides is 2. The summed E-state index contributed by atoms with van der Waals surface area (Å²) in [5.74, 6) is 1.33. The Labute approximate surface area is 145 Å². The average molecular weight is 337 g/mol. The van der Waals surface area contributed by atoms with Crippen molar-refractivity contribution in [3.05, 3.63) is 17.7 Å². The van der Waals surface area contributed by atoms with E-state index in [4.69, 9.17) is 4.74 Å². The van der Waals surface area contributed by atoms with Gasteiger partial charge in [-0.1, -0.05) is 0 Å². The monoisotopic (exact) mass is 337 g/mol. The number of nitrogens with zero attached hydrogens (tertiary/aromatic N) is 5. The van der Waals surface area contributed by atoms with Gasteiger partial charge in [-0.25, -0.2) is 0 Å². The molecule has 0 atom stereocenters. The van der Waals surface area contributed by atoms with Crippen LogP contribution in [0, 0.1) is 6.92 Å². The third-order valence-corrected chi connectivity index (χ3v) is 4.16. The molecule has 12 heteroatoms. The van der Waals surface area contributed by atoms with Gasteiger partial charge in [-0.2, -0.15) is 0 Å². The van der Waals surface area contributed by atoms with E-state index < -0.39 is 6.43 Å². The van der Waals surface area contributed by atoms with Crippen molar-refractivity contribution in [2.24, 2.45) is 0 Å². The molecule has 1 aliphatic rings. The van der Waals surface area contributed by atoms with Gasteiger partial charge in [0.25, 0.3) is 0 Å². The van der Waals surface area contributed by atoms with Crippen LogP contribution in [0.4, 0.5) is 14.6 Å². The Morgan fingerprint density at radius 2 is 1.80 bits per heavy atom. The molecule has 0 bridgehead atoms. The van der Waals surface area contributed by atoms with Crippen LogP contribution in [0.1, 0.15) is 18.1 Å². The Morgan fingerprint density at radius 3 is 2.56 bits per heavy atom. The molecule has 4 rings (SSSR count). The number of aryl methyl sites for hydroxylation is 1. The third-order valence-electron chi connectivity index (χ3n) is 4.16. The van der Waals surface area contributed by atoms with Crippen LogP contribution in [0.5, 0.6) is 0 Å². The van der Waals surface area contributed by atoms with Crippen LogP contribution in [0.2, 0.25) is 0 Å². The van der Waals surface area contributed by atoms with Crippen molar-refractivity contribution in [1.82, 2.24) is 19.5 Å². The van der Waals surface area contributed by atoms with Crippen LogP contribution in [0.25, 0.3) is 16.6 Å². The molecule has 0 aromatic carbocycles. The van der Waals surface area contributed by atoms with E-state index in [0.717, 1.165) is 0 Å². The first kappa shape index (κ1) is 16.6. The molecule has 0 aliphatic carbocycles. The molecule has 0 amide bonds. The number of ether oxygens (including phenoxy) is 1. The van der Waals surface area contributed by atoms with E-state index >= 15 is 0 Å². The van der Waals surface area contributed by atoms with Gasteiger partial charge < -0.3 is 0 Å². The zero-order valence-electron chi connectivity index (χ0n) is 13.7. The number of anilines is 1. The maximum absolute atomic E-state index is 13.6. The molecule has 0 unspecified atom stereocenters.